The molecule has 0 heterocycles. The predicted molar refractivity (Wildman–Crippen MR) is 62.7 cm³/mol. The third-order valence-corrected chi connectivity index (χ3v) is 2.79. The molecule has 2 atom stereocenters. The first-order chi connectivity index (χ1) is 6.77. The molecule has 0 aliphatic carbocycles. The van der Waals surface area contributed by atoms with Crippen LogP contribution in [0, 0.1) is 11.3 Å². The SMILES string of the molecule is COC[C@@H](C)NC(=O)C[C@@H](C)C(C)(C)C. The van der Waals surface area contributed by atoms with Crippen molar-refractivity contribution in [1.29, 1.82) is 0 Å². The molecule has 1 amide bonds. The number of amides is 1. The molecule has 3 nitrogen and oxygen atoms in total. The lowest BCUT2D eigenvalue weighted by Crippen LogP contribution is -2.37. The Morgan fingerprint density at radius 1 is 1.33 bits per heavy atom. The molecule has 0 rings (SSSR count). The molecule has 15 heavy (non-hydrogen) atoms. The zero-order valence-corrected chi connectivity index (χ0v) is 10.9. The fraction of sp³-hybridized carbons (Fsp3) is 0.917. The molecule has 0 spiro atoms. The lowest BCUT2D eigenvalue weighted by atomic mass is 9.80. The van der Waals surface area contributed by atoms with E-state index < -0.39 is 0 Å². The van der Waals surface area contributed by atoms with Crippen LogP contribution in [0.5, 0.6) is 0 Å². The summed E-state index contributed by atoms with van der Waals surface area (Å²) in [6, 6.07) is 0.0923. The molecule has 0 bridgehead atoms. The predicted octanol–water partition coefficient (Wildman–Crippen LogP) is 2.21. The van der Waals surface area contributed by atoms with Crippen LogP contribution in [0.4, 0.5) is 0 Å². The van der Waals surface area contributed by atoms with Gasteiger partial charge >= 0.3 is 0 Å². The van der Waals surface area contributed by atoms with E-state index in [9.17, 15) is 4.79 Å². The van der Waals surface area contributed by atoms with Gasteiger partial charge in [-0.05, 0) is 18.3 Å². The van der Waals surface area contributed by atoms with Crippen LogP contribution in [0.1, 0.15) is 41.0 Å². The molecule has 0 aliphatic rings. The molecule has 0 aromatic carbocycles. The summed E-state index contributed by atoms with van der Waals surface area (Å²) in [5, 5.41) is 2.92. The van der Waals surface area contributed by atoms with Gasteiger partial charge in [0.2, 0.25) is 5.91 Å². The number of ether oxygens (including phenoxy) is 1. The van der Waals surface area contributed by atoms with Gasteiger partial charge < -0.3 is 10.1 Å². The van der Waals surface area contributed by atoms with Gasteiger partial charge in [-0.25, -0.2) is 0 Å². The van der Waals surface area contributed by atoms with Gasteiger partial charge in [0.25, 0.3) is 0 Å². The quantitative estimate of drug-likeness (QED) is 0.763. The summed E-state index contributed by atoms with van der Waals surface area (Å²) in [7, 11) is 1.64. The highest BCUT2D eigenvalue weighted by Gasteiger charge is 2.22. The molecular formula is C12H25NO2. The maximum Gasteiger partial charge on any atom is 0.220 e. The average Bonchev–Trinajstić information content (AvgIpc) is 2.01. The largest absolute Gasteiger partial charge is 0.383 e. The molecule has 90 valence electrons. The molecule has 0 unspecified atom stereocenters. The third kappa shape index (κ3) is 6.50. The number of methoxy groups -OCH3 is 1. The highest BCUT2D eigenvalue weighted by molar-refractivity contribution is 5.76. The van der Waals surface area contributed by atoms with Crippen LogP contribution in [-0.2, 0) is 9.53 Å². The smallest absolute Gasteiger partial charge is 0.220 e. The van der Waals surface area contributed by atoms with E-state index in [2.05, 4.69) is 33.0 Å². The summed E-state index contributed by atoms with van der Waals surface area (Å²) in [6.45, 7) is 11.1. The van der Waals surface area contributed by atoms with E-state index in [1.807, 2.05) is 6.92 Å². The molecule has 0 saturated heterocycles. The molecule has 1 N–H and O–H groups in total. The summed E-state index contributed by atoms with van der Waals surface area (Å²) >= 11 is 0. The van der Waals surface area contributed by atoms with Crippen molar-refractivity contribution >= 4 is 5.91 Å². The number of nitrogens with one attached hydrogen (secondary N) is 1. The third-order valence-electron chi connectivity index (χ3n) is 2.79. The summed E-state index contributed by atoms with van der Waals surface area (Å²) in [4.78, 5) is 11.6. The number of hydrogen-bond donors (Lipinski definition) is 1. The molecule has 0 aliphatic heterocycles. The zero-order valence-electron chi connectivity index (χ0n) is 10.9. The highest BCUT2D eigenvalue weighted by atomic mass is 16.5. The maximum absolute atomic E-state index is 11.6. The van der Waals surface area contributed by atoms with Gasteiger partial charge in [0.15, 0.2) is 0 Å². The minimum atomic E-state index is 0.0923. The van der Waals surface area contributed by atoms with Crippen LogP contribution in [0.2, 0.25) is 0 Å². The second-order valence-electron chi connectivity index (χ2n) is 5.40. The van der Waals surface area contributed by atoms with E-state index >= 15 is 0 Å². The highest BCUT2D eigenvalue weighted by Crippen LogP contribution is 2.27. The van der Waals surface area contributed by atoms with Crippen LogP contribution >= 0.6 is 0 Å². The van der Waals surface area contributed by atoms with Crippen LogP contribution < -0.4 is 5.32 Å². The van der Waals surface area contributed by atoms with E-state index in [0.29, 0.717) is 18.9 Å². The van der Waals surface area contributed by atoms with Crippen LogP contribution in [0.3, 0.4) is 0 Å². The Bertz CT molecular complexity index is 196. The number of carbonyl (C=O) groups is 1. The lowest BCUT2D eigenvalue weighted by Gasteiger charge is -2.27. The van der Waals surface area contributed by atoms with Gasteiger partial charge in [-0.2, -0.15) is 0 Å². The molecule has 0 aromatic rings. The molecule has 0 fully saturated rings. The van der Waals surface area contributed by atoms with Crippen molar-refractivity contribution in [3.63, 3.8) is 0 Å². The molecule has 0 radical (unpaired) electrons. The Morgan fingerprint density at radius 2 is 1.87 bits per heavy atom. The van der Waals surface area contributed by atoms with Crippen molar-refractivity contribution < 1.29 is 9.53 Å². The summed E-state index contributed by atoms with van der Waals surface area (Å²) in [5.41, 5.74) is 0.182. The van der Waals surface area contributed by atoms with Crippen LogP contribution in [0.15, 0.2) is 0 Å². The maximum atomic E-state index is 11.6. The van der Waals surface area contributed by atoms with Gasteiger partial charge in [0.05, 0.1) is 6.61 Å². The fourth-order valence-corrected chi connectivity index (χ4v) is 1.21. The first-order valence-electron chi connectivity index (χ1n) is 5.55. The Kier molecular flexibility index (Phi) is 5.88. The summed E-state index contributed by atoms with van der Waals surface area (Å²) < 4.78 is 4.96. The topological polar surface area (TPSA) is 38.3 Å². The van der Waals surface area contributed by atoms with Crippen molar-refractivity contribution in [3.8, 4) is 0 Å². The molecule has 3 heteroatoms. The molecule has 0 saturated carbocycles. The van der Waals surface area contributed by atoms with E-state index in [1.165, 1.54) is 0 Å². The van der Waals surface area contributed by atoms with Crippen molar-refractivity contribution in [2.24, 2.45) is 11.3 Å². The van der Waals surface area contributed by atoms with Crippen molar-refractivity contribution in [3.05, 3.63) is 0 Å². The molecular weight excluding hydrogens is 190 g/mol. The minimum absolute atomic E-state index is 0.0923. The van der Waals surface area contributed by atoms with Gasteiger partial charge in [-0.3, -0.25) is 4.79 Å². The van der Waals surface area contributed by atoms with Crippen molar-refractivity contribution in [2.75, 3.05) is 13.7 Å². The standard InChI is InChI=1S/C12H25NO2/c1-9(12(3,4)5)7-11(14)13-10(2)8-15-6/h9-10H,7-8H2,1-6H3,(H,13,14)/t9-,10-/m1/s1. The Balaban J connectivity index is 3.94. The van der Waals surface area contributed by atoms with E-state index in [4.69, 9.17) is 4.74 Å². The first kappa shape index (κ1) is 14.4. The number of rotatable bonds is 5. The van der Waals surface area contributed by atoms with Gasteiger partial charge in [-0.1, -0.05) is 27.7 Å². The number of carbonyl (C=O) groups excluding carboxylic acids is 1. The second kappa shape index (κ2) is 6.11. The van der Waals surface area contributed by atoms with E-state index in [-0.39, 0.29) is 17.4 Å². The average molecular weight is 215 g/mol. The lowest BCUT2D eigenvalue weighted by molar-refractivity contribution is -0.123. The Morgan fingerprint density at radius 3 is 2.27 bits per heavy atom. The second-order valence-corrected chi connectivity index (χ2v) is 5.40. The van der Waals surface area contributed by atoms with Crippen LogP contribution in [-0.4, -0.2) is 25.7 Å². The van der Waals surface area contributed by atoms with Gasteiger partial charge in [-0.15, -0.1) is 0 Å². The summed E-state index contributed by atoms with van der Waals surface area (Å²) in [6.07, 6.45) is 0.581. The van der Waals surface area contributed by atoms with E-state index in [0.717, 1.165) is 0 Å². The normalized spacial score (nSPS) is 15.9. The van der Waals surface area contributed by atoms with Gasteiger partial charge in [0, 0.05) is 19.6 Å². The van der Waals surface area contributed by atoms with Crippen molar-refractivity contribution in [2.45, 2.75) is 47.1 Å². The van der Waals surface area contributed by atoms with E-state index in [1.54, 1.807) is 7.11 Å². The van der Waals surface area contributed by atoms with Crippen molar-refractivity contribution in [1.82, 2.24) is 5.32 Å². The zero-order chi connectivity index (χ0) is 12.1. The molecule has 0 aromatic heterocycles. The van der Waals surface area contributed by atoms with Gasteiger partial charge in [0.1, 0.15) is 0 Å². The fourth-order valence-electron chi connectivity index (χ4n) is 1.21. The number of hydrogen-bond acceptors (Lipinski definition) is 2. The van der Waals surface area contributed by atoms with Crippen LogP contribution in [0.25, 0.3) is 0 Å². The minimum Gasteiger partial charge on any atom is -0.383 e. The Labute approximate surface area is 93.6 Å². The first-order valence-corrected chi connectivity index (χ1v) is 5.55. The Hall–Kier alpha value is -0.570. The monoisotopic (exact) mass is 215 g/mol. The summed E-state index contributed by atoms with van der Waals surface area (Å²) in [5.74, 6) is 0.495.